The van der Waals surface area contributed by atoms with Crippen molar-refractivity contribution in [2.24, 2.45) is 0 Å². The number of likely N-dealkylation sites (tertiary alicyclic amines) is 1. The second-order valence-corrected chi connectivity index (χ2v) is 8.75. The van der Waals surface area contributed by atoms with E-state index >= 15 is 0 Å². The van der Waals surface area contributed by atoms with Gasteiger partial charge in [0, 0.05) is 38.1 Å². The Hall–Kier alpha value is -2.73. The molecular formula is C25H32N4O2. The van der Waals surface area contributed by atoms with Crippen LogP contribution in [0.5, 0.6) is 0 Å². The van der Waals surface area contributed by atoms with E-state index in [4.69, 9.17) is 0 Å². The number of benzene rings is 1. The Balaban J connectivity index is 1.57. The molecule has 6 nitrogen and oxygen atoms in total. The zero-order valence-corrected chi connectivity index (χ0v) is 18.5. The maximum absolute atomic E-state index is 13.7. The molecule has 1 spiro atoms. The lowest BCUT2D eigenvalue weighted by atomic mass is 9.85. The summed E-state index contributed by atoms with van der Waals surface area (Å²) in [5.41, 5.74) is 1.33. The number of amides is 3. The van der Waals surface area contributed by atoms with Crippen molar-refractivity contribution >= 4 is 11.9 Å². The van der Waals surface area contributed by atoms with Crippen LogP contribution in [0.2, 0.25) is 0 Å². The average Bonchev–Trinajstić information content (AvgIpc) is 3.00. The Morgan fingerprint density at radius 2 is 1.74 bits per heavy atom. The Morgan fingerprint density at radius 3 is 2.39 bits per heavy atom. The summed E-state index contributed by atoms with van der Waals surface area (Å²) in [4.78, 5) is 37.1. The van der Waals surface area contributed by atoms with Crippen LogP contribution in [-0.2, 0) is 17.8 Å². The van der Waals surface area contributed by atoms with Gasteiger partial charge >= 0.3 is 6.03 Å². The fourth-order valence-corrected chi connectivity index (χ4v) is 4.87. The Bertz CT molecular complexity index is 894. The first kappa shape index (κ1) is 21.5. The normalized spacial score (nSPS) is 19.9. The molecule has 0 N–H and O–H groups in total. The molecule has 0 saturated carbocycles. The smallest absolute Gasteiger partial charge is 0.309 e. The van der Waals surface area contributed by atoms with E-state index < -0.39 is 5.54 Å². The molecule has 2 aliphatic heterocycles. The van der Waals surface area contributed by atoms with Crippen molar-refractivity contribution in [3.05, 3.63) is 66.0 Å². The fraction of sp³-hybridized carbons (Fsp3) is 0.480. The van der Waals surface area contributed by atoms with E-state index in [1.165, 1.54) is 10.5 Å². The third-order valence-corrected chi connectivity index (χ3v) is 6.99. The molecular weight excluding hydrogens is 388 g/mol. The number of carbonyl (C=O) groups is 2. The lowest BCUT2D eigenvalue weighted by Crippen LogP contribution is -2.58. The van der Waals surface area contributed by atoms with Crippen LogP contribution >= 0.6 is 0 Å². The lowest BCUT2D eigenvalue weighted by Gasteiger charge is -2.44. The van der Waals surface area contributed by atoms with Crippen molar-refractivity contribution in [3.63, 3.8) is 0 Å². The molecule has 164 valence electrons. The fourth-order valence-electron chi connectivity index (χ4n) is 4.87. The third-order valence-electron chi connectivity index (χ3n) is 6.99. The van der Waals surface area contributed by atoms with E-state index in [1.54, 1.807) is 12.4 Å². The number of piperidine rings is 1. The largest absolute Gasteiger partial charge is 0.328 e. The van der Waals surface area contributed by atoms with Gasteiger partial charge in [-0.2, -0.15) is 0 Å². The molecule has 0 unspecified atom stereocenters. The average molecular weight is 421 g/mol. The van der Waals surface area contributed by atoms with Gasteiger partial charge in [0.15, 0.2) is 0 Å². The first-order valence-electron chi connectivity index (χ1n) is 11.4. The summed E-state index contributed by atoms with van der Waals surface area (Å²) in [7, 11) is 0. The predicted molar refractivity (Wildman–Crippen MR) is 120 cm³/mol. The zero-order valence-electron chi connectivity index (χ0n) is 18.5. The Morgan fingerprint density at radius 1 is 1.03 bits per heavy atom. The van der Waals surface area contributed by atoms with Crippen molar-refractivity contribution in [2.45, 2.75) is 57.7 Å². The van der Waals surface area contributed by atoms with Gasteiger partial charge < -0.3 is 9.80 Å². The molecule has 4 rings (SSSR count). The third kappa shape index (κ3) is 4.22. The topological polar surface area (TPSA) is 56.8 Å². The highest BCUT2D eigenvalue weighted by atomic mass is 16.2. The minimum Gasteiger partial charge on any atom is -0.309 e. The van der Waals surface area contributed by atoms with E-state index in [9.17, 15) is 9.59 Å². The van der Waals surface area contributed by atoms with E-state index in [0.29, 0.717) is 25.4 Å². The first-order valence-corrected chi connectivity index (χ1v) is 11.4. The predicted octanol–water partition coefficient (Wildman–Crippen LogP) is 3.72. The van der Waals surface area contributed by atoms with Crippen molar-refractivity contribution in [2.75, 3.05) is 19.6 Å². The SMILES string of the molecule is CC[C@@H](C)N1CCC2(CC1)C(=O)N(Cc1cccnc1)C(=O)N2CCc1ccccc1. The van der Waals surface area contributed by atoms with Crippen LogP contribution in [0.3, 0.4) is 0 Å². The highest BCUT2D eigenvalue weighted by Crippen LogP contribution is 2.38. The maximum Gasteiger partial charge on any atom is 0.328 e. The number of carbonyl (C=O) groups excluding carboxylic acids is 2. The number of urea groups is 1. The summed E-state index contributed by atoms with van der Waals surface area (Å²) < 4.78 is 0. The number of rotatable bonds is 7. The van der Waals surface area contributed by atoms with Crippen LogP contribution in [0.4, 0.5) is 4.79 Å². The highest BCUT2D eigenvalue weighted by molar-refractivity contribution is 6.07. The molecule has 0 bridgehead atoms. The number of hydrogen-bond acceptors (Lipinski definition) is 4. The Labute approximate surface area is 184 Å². The molecule has 31 heavy (non-hydrogen) atoms. The molecule has 0 radical (unpaired) electrons. The number of imide groups is 1. The zero-order chi connectivity index (χ0) is 21.8. The second-order valence-electron chi connectivity index (χ2n) is 8.75. The molecule has 0 aliphatic carbocycles. The van der Waals surface area contributed by atoms with Crippen LogP contribution in [0.15, 0.2) is 54.9 Å². The standard InChI is InChI=1S/C25H32N4O2/c1-3-20(2)27-16-12-25(13-17-27)23(30)28(19-22-10-7-14-26-18-22)24(31)29(25)15-11-21-8-5-4-6-9-21/h4-10,14,18,20H,3,11-13,15-17,19H2,1-2H3/t20-/m1/s1. The van der Waals surface area contributed by atoms with E-state index in [2.05, 4.69) is 35.9 Å². The van der Waals surface area contributed by atoms with Crippen LogP contribution in [0.1, 0.15) is 44.2 Å². The quantitative estimate of drug-likeness (QED) is 0.641. The molecule has 2 fully saturated rings. The summed E-state index contributed by atoms with van der Waals surface area (Å²) in [6.45, 7) is 6.96. The molecule has 3 heterocycles. The van der Waals surface area contributed by atoms with Crippen LogP contribution < -0.4 is 0 Å². The Kier molecular flexibility index (Phi) is 6.37. The maximum atomic E-state index is 13.7. The highest BCUT2D eigenvalue weighted by Gasteiger charge is 2.57. The monoisotopic (exact) mass is 420 g/mol. The summed E-state index contributed by atoms with van der Waals surface area (Å²) in [5.74, 6) is -0.0433. The summed E-state index contributed by atoms with van der Waals surface area (Å²) in [6.07, 6.45) is 6.66. The van der Waals surface area contributed by atoms with Gasteiger partial charge in [-0.25, -0.2) is 4.79 Å². The molecule has 1 aromatic heterocycles. The van der Waals surface area contributed by atoms with Crippen molar-refractivity contribution < 1.29 is 9.59 Å². The number of hydrogen-bond donors (Lipinski definition) is 0. The molecule has 3 amide bonds. The van der Waals surface area contributed by atoms with Crippen molar-refractivity contribution in [1.29, 1.82) is 0 Å². The molecule has 6 heteroatoms. The number of aromatic nitrogens is 1. The van der Waals surface area contributed by atoms with Gasteiger partial charge in [0.25, 0.3) is 5.91 Å². The van der Waals surface area contributed by atoms with Gasteiger partial charge in [-0.1, -0.05) is 43.3 Å². The molecule has 1 aromatic carbocycles. The van der Waals surface area contributed by atoms with Crippen molar-refractivity contribution in [1.82, 2.24) is 19.7 Å². The van der Waals surface area contributed by atoms with E-state index in [1.807, 2.05) is 35.2 Å². The van der Waals surface area contributed by atoms with Gasteiger partial charge in [0.05, 0.1) is 6.54 Å². The first-order chi connectivity index (χ1) is 15.0. The van der Waals surface area contributed by atoms with Crippen molar-refractivity contribution in [3.8, 4) is 0 Å². The van der Waals surface area contributed by atoms with Gasteiger partial charge in [-0.15, -0.1) is 0 Å². The number of nitrogens with zero attached hydrogens (tertiary/aromatic N) is 4. The van der Waals surface area contributed by atoms with Crippen LogP contribution in [0, 0.1) is 0 Å². The van der Waals surface area contributed by atoms with Gasteiger partial charge in [-0.3, -0.25) is 14.7 Å². The minimum atomic E-state index is -0.724. The summed E-state index contributed by atoms with van der Waals surface area (Å²) in [6, 6.07) is 14.3. The second kappa shape index (κ2) is 9.18. The molecule has 2 aliphatic rings. The van der Waals surface area contributed by atoms with Gasteiger partial charge in [0.1, 0.15) is 5.54 Å². The van der Waals surface area contributed by atoms with E-state index in [0.717, 1.165) is 31.5 Å². The minimum absolute atomic E-state index is 0.0433. The van der Waals surface area contributed by atoms with Crippen LogP contribution in [0.25, 0.3) is 0 Å². The molecule has 1 atom stereocenters. The molecule has 2 aromatic rings. The molecule has 2 saturated heterocycles. The lowest BCUT2D eigenvalue weighted by molar-refractivity contribution is -0.136. The number of pyridine rings is 1. The van der Waals surface area contributed by atoms with Gasteiger partial charge in [-0.05, 0) is 49.8 Å². The summed E-state index contributed by atoms with van der Waals surface area (Å²) in [5, 5.41) is 0. The van der Waals surface area contributed by atoms with E-state index in [-0.39, 0.29) is 18.5 Å². The summed E-state index contributed by atoms with van der Waals surface area (Å²) >= 11 is 0. The van der Waals surface area contributed by atoms with Gasteiger partial charge in [0.2, 0.25) is 0 Å². The van der Waals surface area contributed by atoms with Crippen LogP contribution in [-0.4, -0.2) is 62.8 Å².